The molecule has 0 bridgehead atoms. The normalized spacial score (nSPS) is 18.9. The van der Waals surface area contributed by atoms with Crippen LogP contribution in [0.15, 0.2) is 24.3 Å². The molecule has 0 amide bonds. The molecule has 1 unspecified atom stereocenters. The Morgan fingerprint density at radius 3 is 2.53 bits per heavy atom. The van der Waals surface area contributed by atoms with Crippen LogP contribution in [0, 0.1) is 0 Å². The first-order valence-corrected chi connectivity index (χ1v) is 5.24. The molecule has 3 heteroatoms. The first-order valence-electron chi connectivity index (χ1n) is 5.24. The van der Waals surface area contributed by atoms with Crippen molar-refractivity contribution in [1.82, 2.24) is 0 Å². The van der Waals surface area contributed by atoms with E-state index in [4.69, 9.17) is 0 Å². The minimum absolute atomic E-state index is 0.328. The minimum atomic E-state index is -2.71. The zero-order chi connectivity index (χ0) is 10.8. The van der Waals surface area contributed by atoms with Crippen LogP contribution in [-0.4, -0.2) is 11.5 Å². The van der Waals surface area contributed by atoms with Crippen molar-refractivity contribution in [3.63, 3.8) is 0 Å². The molecule has 1 aliphatic rings. The highest BCUT2D eigenvalue weighted by Crippen LogP contribution is 2.37. The fraction of sp³-hybridized carbons (Fsp3) is 0.500. The Kier molecular flexibility index (Phi) is 3.00. The summed E-state index contributed by atoms with van der Waals surface area (Å²) in [5, 5.41) is 9.24. The third-order valence-electron chi connectivity index (χ3n) is 3.07. The first-order chi connectivity index (χ1) is 7.18. The van der Waals surface area contributed by atoms with E-state index in [1.807, 2.05) is 6.07 Å². The van der Waals surface area contributed by atoms with Gasteiger partial charge >= 0.3 is 0 Å². The van der Waals surface area contributed by atoms with Crippen LogP contribution in [0.5, 0.6) is 0 Å². The molecule has 0 radical (unpaired) electrons. The van der Waals surface area contributed by atoms with E-state index in [0.29, 0.717) is 11.5 Å². The Bertz CT molecular complexity index is 334. The highest BCUT2D eigenvalue weighted by molar-refractivity contribution is 5.29. The second-order valence-electron chi connectivity index (χ2n) is 4.08. The van der Waals surface area contributed by atoms with E-state index in [2.05, 4.69) is 0 Å². The van der Waals surface area contributed by atoms with Gasteiger partial charge in [0.15, 0.2) is 0 Å². The van der Waals surface area contributed by atoms with Gasteiger partial charge in [0.2, 0.25) is 0 Å². The van der Waals surface area contributed by atoms with Gasteiger partial charge in [0.1, 0.15) is 6.10 Å². The molecule has 1 atom stereocenters. The average Bonchev–Trinajstić information content (AvgIpc) is 2.14. The third-order valence-corrected chi connectivity index (χ3v) is 3.07. The second-order valence-corrected chi connectivity index (χ2v) is 4.08. The van der Waals surface area contributed by atoms with Gasteiger partial charge in [-0.2, -0.15) is 0 Å². The topological polar surface area (TPSA) is 20.2 Å². The quantitative estimate of drug-likeness (QED) is 0.815. The van der Waals surface area contributed by atoms with Crippen LogP contribution in [0.3, 0.4) is 0 Å². The molecule has 1 aromatic rings. The fourth-order valence-electron chi connectivity index (χ4n) is 1.88. The molecule has 1 aliphatic carbocycles. The van der Waals surface area contributed by atoms with Crippen LogP contribution in [0.4, 0.5) is 8.78 Å². The van der Waals surface area contributed by atoms with Gasteiger partial charge in [0.05, 0.1) is 0 Å². The van der Waals surface area contributed by atoms with E-state index in [1.165, 1.54) is 6.42 Å². The van der Waals surface area contributed by atoms with E-state index in [1.54, 1.807) is 18.2 Å². The molecule has 1 aromatic carbocycles. The van der Waals surface area contributed by atoms with E-state index in [0.717, 1.165) is 18.4 Å². The van der Waals surface area contributed by atoms with Gasteiger partial charge in [0, 0.05) is 0 Å². The maximum Gasteiger partial charge on any atom is 0.268 e. The maximum atomic E-state index is 12.3. The number of halogens is 2. The van der Waals surface area contributed by atoms with Crippen molar-refractivity contribution < 1.29 is 13.9 Å². The van der Waals surface area contributed by atoms with Crippen molar-refractivity contribution in [2.45, 2.75) is 37.7 Å². The number of aliphatic hydroxyl groups excluding tert-OH is 1. The summed E-state index contributed by atoms with van der Waals surface area (Å²) in [6.45, 7) is 0. The van der Waals surface area contributed by atoms with Crippen LogP contribution in [-0.2, 0) is 0 Å². The number of hydrogen-bond donors (Lipinski definition) is 1. The van der Waals surface area contributed by atoms with Gasteiger partial charge < -0.3 is 5.11 Å². The van der Waals surface area contributed by atoms with Crippen molar-refractivity contribution in [3.05, 3.63) is 35.4 Å². The SMILES string of the molecule is OC(c1cccc(C2CCC2)c1)C(F)F. The smallest absolute Gasteiger partial charge is 0.268 e. The van der Waals surface area contributed by atoms with Crippen LogP contribution in [0.2, 0.25) is 0 Å². The Morgan fingerprint density at radius 2 is 2.00 bits per heavy atom. The largest absolute Gasteiger partial charge is 0.382 e. The lowest BCUT2D eigenvalue weighted by atomic mass is 9.79. The highest BCUT2D eigenvalue weighted by Gasteiger charge is 2.23. The number of rotatable bonds is 3. The van der Waals surface area contributed by atoms with Crippen LogP contribution in [0.25, 0.3) is 0 Å². The minimum Gasteiger partial charge on any atom is -0.382 e. The number of benzene rings is 1. The van der Waals surface area contributed by atoms with Crippen molar-refractivity contribution in [2.75, 3.05) is 0 Å². The summed E-state index contributed by atoms with van der Waals surface area (Å²) in [6.07, 6.45) is -0.874. The zero-order valence-electron chi connectivity index (χ0n) is 8.37. The number of hydrogen-bond acceptors (Lipinski definition) is 1. The summed E-state index contributed by atoms with van der Waals surface area (Å²) in [7, 11) is 0. The fourth-order valence-corrected chi connectivity index (χ4v) is 1.88. The molecule has 1 fully saturated rings. The monoisotopic (exact) mass is 212 g/mol. The van der Waals surface area contributed by atoms with E-state index >= 15 is 0 Å². The standard InChI is InChI=1S/C12H14F2O/c13-12(14)11(15)10-6-2-5-9(7-10)8-3-1-4-8/h2,5-8,11-12,15H,1,3-4H2. The van der Waals surface area contributed by atoms with Crippen LogP contribution < -0.4 is 0 Å². The molecule has 1 saturated carbocycles. The van der Waals surface area contributed by atoms with Gasteiger partial charge in [-0.1, -0.05) is 30.7 Å². The molecule has 0 heterocycles. The van der Waals surface area contributed by atoms with Gasteiger partial charge in [-0.15, -0.1) is 0 Å². The Hall–Kier alpha value is -0.960. The van der Waals surface area contributed by atoms with Crippen molar-refractivity contribution >= 4 is 0 Å². The average molecular weight is 212 g/mol. The van der Waals surface area contributed by atoms with Crippen molar-refractivity contribution in [2.24, 2.45) is 0 Å². The zero-order valence-corrected chi connectivity index (χ0v) is 8.37. The maximum absolute atomic E-state index is 12.3. The molecule has 82 valence electrons. The number of aliphatic hydroxyl groups is 1. The van der Waals surface area contributed by atoms with Gasteiger partial charge in [-0.25, -0.2) is 8.78 Å². The molecule has 1 nitrogen and oxygen atoms in total. The molecule has 1 N–H and O–H groups in total. The van der Waals surface area contributed by atoms with Crippen LogP contribution in [0.1, 0.15) is 42.4 Å². The Labute approximate surface area is 87.7 Å². The summed E-state index contributed by atoms with van der Waals surface area (Å²) >= 11 is 0. The van der Waals surface area contributed by atoms with Crippen molar-refractivity contribution in [1.29, 1.82) is 0 Å². The molecule has 0 spiro atoms. The lowest BCUT2D eigenvalue weighted by Gasteiger charge is -2.26. The Balaban J connectivity index is 2.18. The van der Waals surface area contributed by atoms with E-state index in [9.17, 15) is 13.9 Å². The van der Waals surface area contributed by atoms with Gasteiger partial charge in [-0.3, -0.25) is 0 Å². The molecule has 2 rings (SSSR count). The Morgan fingerprint density at radius 1 is 1.27 bits per heavy atom. The van der Waals surface area contributed by atoms with E-state index in [-0.39, 0.29) is 0 Å². The highest BCUT2D eigenvalue weighted by atomic mass is 19.3. The van der Waals surface area contributed by atoms with Crippen molar-refractivity contribution in [3.8, 4) is 0 Å². The number of alkyl halides is 2. The summed E-state index contributed by atoms with van der Waals surface area (Å²) in [6, 6.07) is 6.96. The predicted octanol–water partition coefficient (Wildman–Crippen LogP) is 3.25. The van der Waals surface area contributed by atoms with Crippen LogP contribution >= 0.6 is 0 Å². The van der Waals surface area contributed by atoms with E-state index < -0.39 is 12.5 Å². The second kappa shape index (κ2) is 4.27. The van der Waals surface area contributed by atoms with Gasteiger partial charge in [0.25, 0.3) is 6.43 Å². The molecular formula is C12H14F2O. The summed E-state index contributed by atoms with van der Waals surface area (Å²) in [4.78, 5) is 0. The molecule has 0 aromatic heterocycles. The summed E-state index contributed by atoms with van der Waals surface area (Å²) < 4.78 is 24.6. The lowest BCUT2D eigenvalue weighted by Crippen LogP contribution is -2.11. The molecular weight excluding hydrogens is 198 g/mol. The molecule has 0 saturated heterocycles. The predicted molar refractivity (Wildman–Crippen MR) is 54.0 cm³/mol. The summed E-state index contributed by atoms with van der Waals surface area (Å²) in [5.41, 5.74) is 1.41. The third kappa shape index (κ3) is 2.17. The van der Waals surface area contributed by atoms with Gasteiger partial charge in [-0.05, 0) is 29.9 Å². The first kappa shape index (κ1) is 10.6. The molecule has 15 heavy (non-hydrogen) atoms. The lowest BCUT2D eigenvalue weighted by molar-refractivity contribution is -0.00584. The molecule has 0 aliphatic heterocycles. The summed E-state index contributed by atoms with van der Waals surface area (Å²) in [5.74, 6) is 0.509.